The molecular formula is C17H22N4O2S. The van der Waals surface area contributed by atoms with Gasteiger partial charge >= 0.3 is 0 Å². The van der Waals surface area contributed by atoms with Crippen molar-refractivity contribution in [3.05, 3.63) is 40.0 Å². The number of amides is 1. The Morgan fingerprint density at radius 2 is 2.38 bits per heavy atom. The van der Waals surface area contributed by atoms with Crippen molar-refractivity contribution in [2.75, 3.05) is 13.2 Å². The lowest BCUT2D eigenvalue weighted by molar-refractivity contribution is -0.126. The van der Waals surface area contributed by atoms with Crippen LogP contribution in [-0.4, -0.2) is 40.0 Å². The van der Waals surface area contributed by atoms with Crippen LogP contribution in [0.1, 0.15) is 30.0 Å². The minimum Gasteiger partial charge on any atom is -0.478 e. The van der Waals surface area contributed by atoms with Gasteiger partial charge in [-0.3, -0.25) is 9.69 Å². The maximum absolute atomic E-state index is 12.4. The molecule has 1 aliphatic heterocycles. The van der Waals surface area contributed by atoms with E-state index in [2.05, 4.69) is 20.2 Å². The molecule has 1 amide bonds. The molecule has 2 aromatic heterocycles. The van der Waals surface area contributed by atoms with Crippen molar-refractivity contribution in [1.82, 2.24) is 20.2 Å². The first-order valence-corrected chi connectivity index (χ1v) is 9.06. The average Bonchev–Trinajstić information content (AvgIpc) is 3.13. The van der Waals surface area contributed by atoms with Crippen LogP contribution in [-0.2, 0) is 24.3 Å². The van der Waals surface area contributed by atoms with Crippen molar-refractivity contribution in [2.45, 2.75) is 39.4 Å². The van der Waals surface area contributed by atoms with Crippen LogP contribution in [0.4, 0.5) is 0 Å². The summed E-state index contributed by atoms with van der Waals surface area (Å²) >= 11 is 1.65. The van der Waals surface area contributed by atoms with Crippen LogP contribution in [0.15, 0.2) is 23.8 Å². The molecule has 0 unspecified atom stereocenters. The Balaban J connectivity index is 1.64. The van der Waals surface area contributed by atoms with Gasteiger partial charge in [-0.15, -0.1) is 11.3 Å². The minimum atomic E-state index is -0.201. The molecule has 1 N–H and O–H groups in total. The number of aromatic nitrogens is 2. The molecule has 0 saturated heterocycles. The molecule has 0 aliphatic carbocycles. The second-order valence-electron chi connectivity index (χ2n) is 5.73. The van der Waals surface area contributed by atoms with Crippen molar-refractivity contribution in [3.8, 4) is 5.88 Å². The fourth-order valence-corrected chi connectivity index (χ4v) is 3.47. The summed E-state index contributed by atoms with van der Waals surface area (Å²) in [6, 6.07) is 3.82. The van der Waals surface area contributed by atoms with Gasteiger partial charge in [0.1, 0.15) is 6.33 Å². The van der Waals surface area contributed by atoms with Gasteiger partial charge in [0.2, 0.25) is 11.8 Å². The van der Waals surface area contributed by atoms with Gasteiger partial charge in [-0.05, 0) is 25.3 Å². The zero-order valence-electron chi connectivity index (χ0n) is 14.0. The van der Waals surface area contributed by atoms with Crippen LogP contribution < -0.4 is 10.1 Å². The maximum Gasteiger partial charge on any atom is 0.237 e. The van der Waals surface area contributed by atoms with Crippen molar-refractivity contribution in [2.24, 2.45) is 0 Å². The minimum absolute atomic E-state index is 0.0432. The predicted molar refractivity (Wildman–Crippen MR) is 92.9 cm³/mol. The van der Waals surface area contributed by atoms with Crippen LogP contribution in [0.5, 0.6) is 5.88 Å². The Morgan fingerprint density at radius 1 is 1.50 bits per heavy atom. The zero-order valence-corrected chi connectivity index (χ0v) is 14.8. The second-order valence-corrected chi connectivity index (χ2v) is 6.76. The van der Waals surface area contributed by atoms with Crippen molar-refractivity contribution < 1.29 is 9.53 Å². The number of nitrogens with zero attached hydrogens (tertiary/aromatic N) is 3. The third-order valence-corrected chi connectivity index (χ3v) is 5.09. The maximum atomic E-state index is 12.4. The number of rotatable bonds is 6. The Hall–Kier alpha value is -1.99. The smallest absolute Gasteiger partial charge is 0.237 e. The highest BCUT2D eigenvalue weighted by Crippen LogP contribution is 2.25. The molecule has 3 heterocycles. The van der Waals surface area contributed by atoms with Gasteiger partial charge in [-0.25, -0.2) is 9.97 Å². The molecule has 0 radical (unpaired) electrons. The topological polar surface area (TPSA) is 67.4 Å². The molecule has 2 aromatic rings. The molecule has 0 fully saturated rings. The summed E-state index contributed by atoms with van der Waals surface area (Å²) in [5, 5.41) is 5.03. The van der Waals surface area contributed by atoms with E-state index in [0.29, 0.717) is 25.6 Å². The molecule has 24 heavy (non-hydrogen) atoms. The highest BCUT2D eigenvalue weighted by molar-refractivity contribution is 7.09. The predicted octanol–water partition coefficient (Wildman–Crippen LogP) is 2.00. The van der Waals surface area contributed by atoms with Gasteiger partial charge in [-0.2, -0.15) is 0 Å². The molecule has 7 heteroatoms. The second kappa shape index (κ2) is 7.72. The van der Waals surface area contributed by atoms with Gasteiger partial charge in [-0.1, -0.05) is 6.07 Å². The molecule has 0 bridgehead atoms. The molecule has 0 aromatic carbocycles. The zero-order chi connectivity index (χ0) is 16.9. The number of nitrogens with one attached hydrogen (secondary N) is 1. The molecular weight excluding hydrogens is 324 g/mol. The monoisotopic (exact) mass is 346 g/mol. The number of carbonyl (C=O) groups is 1. The number of thiophene rings is 1. The van der Waals surface area contributed by atoms with E-state index in [1.54, 1.807) is 17.7 Å². The van der Waals surface area contributed by atoms with Crippen molar-refractivity contribution >= 4 is 17.2 Å². The van der Waals surface area contributed by atoms with Crippen LogP contribution in [0.25, 0.3) is 0 Å². The third-order valence-electron chi connectivity index (χ3n) is 4.22. The quantitative estimate of drug-likeness (QED) is 0.866. The summed E-state index contributed by atoms with van der Waals surface area (Å²) < 4.78 is 5.61. The summed E-state index contributed by atoms with van der Waals surface area (Å²) in [5.74, 6) is 0.681. The van der Waals surface area contributed by atoms with Crippen LogP contribution >= 0.6 is 11.3 Å². The molecule has 3 rings (SSSR count). The number of fused-ring (bicyclic) bond motifs is 1. The van der Waals surface area contributed by atoms with Crippen LogP contribution in [0.2, 0.25) is 0 Å². The normalized spacial score (nSPS) is 15.6. The van der Waals surface area contributed by atoms with Gasteiger partial charge < -0.3 is 10.1 Å². The fraction of sp³-hybridized carbons (Fsp3) is 0.471. The molecule has 0 saturated carbocycles. The average molecular weight is 346 g/mol. The van der Waals surface area contributed by atoms with E-state index < -0.39 is 0 Å². The van der Waals surface area contributed by atoms with Gasteiger partial charge in [0.05, 0.1) is 24.9 Å². The summed E-state index contributed by atoms with van der Waals surface area (Å²) in [4.78, 5) is 24.3. The van der Waals surface area contributed by atoms with Crippen LogP contribution in [0.3, 0.4) is 0 Å². The summed E-state index contributed by atoms with van der Waals surface area (Å²) in [6.45, 7) is 6.48. The first-order chi connectivity index (χ1) is 11.7. The molecule has 6 nitrogen and oxygen atoms in total. The van der Waals surface area contributed by atoms with Crippen molar-refractivity contribution in [3.63, 3.8) is 0 Å². The van der Waals surface area contributed by atoms with Crippen LogP contribution in [0, 0.1) is 0 Å². The number of hydrogen-bond acceptors (Lipinski definition) is 6. The number of carbonyl (C=O) groups excluding carboxylic acids is 1. The SMILES string of the molecule is CCOc1ncnc2c1CN([C@H](C)C(=O)NCc1cccs1)CC2. The van der Waals surface area contributed by atoms with E-state index in [-0.39, 0.29) is 11.9 Å². The first kappa shape index (κ1) is 16.9. The molecule has 1 aliphatic rings. The Kier molecular flexibility index (Phi) is 5.42. The van der Waals surface area contributed by atoms with E-state index in [1.165, 1.54) is 0 Å². The van der Waals surface area contributed by atoms with Gasteiger partial charge in [0, 0.05) is 30.0 Å². The fourth-order valence-electron chi connectivity index (χ4n) is 2.83. The largest absolute Gasteiger partial charge is 0.478 e. The van der Waals surface area contributed by atoms with E-state index in [0.717, 1.165) is 29.1 Å². The van der Waals surface area contributed by atoms with Gasteiger partial charge in [0.15, 0.2) is 0 Å². The third kappa shape index (κ3) is 3.73. The molecule has 128 valence electrons. The highest BCUT2D eigenvalue weighted by atomic mass is 32.1. The number of hydrogen-bond donors (Lipinski definition) is 1. The van der Waals surface area contributed by atoms with Crippen molar-refractivity contribution in [1.29, 1.82) is 0 Å². The van der Waals surface area contributed by atoms with E-state index >= 15 is 0 Å². The Bertz CT molecular complexity index is 690. The summed E-state index contributed by atoms with van der Waals surface area (Å²) in [5.41, 5.74) is 2.03. The number of ether oxygens (including phenoxy) is 1. The highest BCUT2D eigenvalue weighted by Gasteiger charge is 2.28. The first-order valence-electron chi connectivity index (χ1n) is 8.18. The lowest BCUT2D eigenvalue weighted by Crippen LogP contribution is -2.47. The Morgan fingerprint density at radius 3 is 3.12 bits per heavy atom. The lowest BCUT2D eigenvalue weighted by atomic mass is 10.0. The lowest BCUT2D eigenvalue weighted by Gasteiger charge is -2.32. The Labute approximate surface area is 145 Å². The van der Waals surface area contributed by atoms with E-state index in [1.807, 2.05) is 31.4 Å². The van der Waals surface area contributed by atoms with E-state index in [4.69, 9.17) is 4.74 Å². The standard InChI is InChI=1S/C17H22N4O2S/c1-3-23-17-14-10-21(7-6-15(14)19-11-20-17)12(2)16(22)18-9-13-5-4-8-24-13/h4-5,8,11-12H,3,6-7,9-10H2,1-2H3,(H,18,22)/t12-/m1/s1. The summed E-state index contributed by atoms with van der Waals surface area (Å²) in [7, 11) is 0. The van der Waals surface area contributed by atoms with Gasteiger partial charge in [0.25, 0.3) is 0 Å². The van der Waals surface area contributed by atoms with E-state index in [9.17, 15) is 4.79 Å². The summed E-state index contributed by atoms with van der Waals surface area (Å²) in [6.07, 6.45) is 2.36. The molecule has 1 atom stereocenters. The molecule has 0 spiro atoms.